The van der Waals surface area contributed by atoms with Crippen molar-refractivity contribution in [2.24, 2.45) is 0 Å². The molecule has 0 saturated carbocycles. The number of hydrogen-bond donors (Lipinski definition) is 1. The van der Waals surface area contributed by atoms with Crippen molar-refractivity contribution >= 4 is 42.5 Å². The molecule has 1 fully saturated rings. The van der Waals surface area contributed by atoms with E-state index in [1.54, 1.807) is 4.67 Å². The highest BCUT2D eigenvalue weighted by Crippen LogP contribution is 2.48. The fourth-order valence-electron chi connectivity index (χ4n) is 1.75. The Morgan fingerprint density at radius 2 is 2.17 bits per heavy atom. The highest BCUT2D eigenvalue weighted by Gasteiger charge is 2.34. The van der Waals surface area contributed by atoms with E-state index in [4.69, 9.17) is 39.3 Å². The fourth-order valence-corrected chi connectivity index (χ4v) is 4.70. The van der Waals surface area contributed by atoms with Crippen molar-refractivity contribution in [2.45, 2.75) is 24.6 Å². The minimum absolute atomic E-state index is 0.0925. The van der Waals surface area contributed by atoms with E-state index in [0.29, 0.717) is 38.0 Å². The van der Waals surface area contributed by atoms with Crippen molar-refractivity contribution in [3.8, 4) is 0 Å². The second kappa shape index (κ2) is 9.02. The summed E-state index contributed by atoms with van der Waals surface area (Å²) >= 11 is 17.6. The van der Waals surface area contributed by atoms with E-state index in [-0.39, 0.29) is 5.38 Å². The normalized spacial score (nSPS) is 26.4. The Kier molecular flexibility index (Phi) is 8.53. The molecule has 0 spiro atoms. The Morgan fingerprint density at radius 3 is 2.72 bits per heavy atom. The molecule has 0 radical (unpaired) electrons. The molecule has 1 rings (SSSR count). The van der Waals surface area contributed by atoms with Crippen molar-refractivity contribution < 1.29 is 9.09 Å². The van der Waals surface area contributed by atoms with Gasteiger partial charge in [-0.1, -0.05) is 0 Å². The van der Waals surface area contributed by atoms with Gasteiger partial charge in [0.2, 0.25) is 0 Å². The van der Waals surface area contributed by atoms with Gasteiger partial charge < -0.3 is 4.52 Å². The van der Waals surface area contributed by atoms with Crippen LogP contribution >= 0.6 is 42.5 Å². The van der Waals surface area contributed by atoms with Gasteiger partial charge in [0, 0.05) is 36.8 Å². The highest BCUT2D eigenvalue weighted by molar-refractivity contribution is 7.54. The first-order chi connectivity index (χ1) is 8.62. The number of nitrogens with one attached hydrogen (secondary N) is 1. The van der Waals surface area contributed by atoms with Crippen LogP contribution in [0.25, 0.3) is 0 Å². The lowest BCUT2D eigenvalue weighted by Crippen LogP contribution is -2.37. The SMILES string of the molecule is O=[P@]1(N(CCCl)C[C@H](Cl)CCCCl)NCCCO1. The average molecular weight is 338 g/mol. The first kappa shape index (κ1) is 17.0. The Balaban J connectivity index is 2.54. The molecule has 0 bridgehead atoms. The minimum Gasteiger partial charge on any atom is -0.306 e. The van der Waals surface area contributed by atoms with Gasteiger partial charge >= 0.3 is 7.67 Å². The van der Waals surface area contributed by atoms with E-state index in [2.05, 4.69) is 5.09 Å². The zero-order valence-electron chi connectivity index (χ0n) is 10.3. The highest BCUT2D eigenvalue weighted by atomic mass is 35.5. The summed E-state index contributed by atoms with van der Waals surface area (Å²) in [6.45, 7) is 2.20. The van der Waals surface area contributed by atoms with Crippen LogP contribution in [-0.4, -0.2) is 48.0 Å². The fraction of sp³-hybridized carbons (Fsp3) is 1.00. The van der Waals surface area contributed by atoms with Crippen molar-refractivity contribution in [1.82, 2.24) is 9.76 Å². The third-order valence-corrected chi connectivity index (χ3v) is 5.73. The lowest BCUT2D eigenvalue weighted by atomic mass is 10.2. The molecule has 0 aromatic carbocycles. The summed E-state index contributed by atoms with van der Waals surface area (Å²) in [7, 11) is -2.94. The summed E-state index contributed by atoms with van der Waals surface area (Å²) in [5, 5.41) is 2.87. The molecular formula is C10H20Cl3N2O2P. The number of halogens is 3. The van der Waals surface area contributed by atoms with Gasteiger partial charge in [-0.05, 0) is 19.3 Å². The topological polar surface area (TPSA) is 41.6 Å². The maximum absolute atomic E-state index is 12.6. The maximum Gasteiger partial charge on any atom is 0.343 e. The second-order valence-corrected chi connectivity index (χ2v) is 7.70. The molecule has 1 aliphatic heterocycles. The third-order valence-electron chi connectivity index (χ3n) is 2.67. The number of rotatable bonds is 8. The standard InChI is InChI=1S/C10H20Cl3N2O2P/c11-4-1-3-10(13)9-15(7-5-12)18(16)14-6-2-8-17-18/h10H,1-9H2,(H,14,16)/t10-,18-/m1/s1. The maximum atomic E-state index is 12.6. The minimum atomic E-state index is -2.94. The van der Waals surface area contributed by atoms with Gasteiger partial charge in [0.1, 0.15) is 0 Å². The number of hydrogen-bond acceptors (Lipinski definition) is 2. The van der Waals surface area contributed by atoms with Gasteiger partial charge in [-0.15, -0.1) is 34.8 Å². The summed E-state index contributed by atoms with van der Waals surface area (Å²) < 4.78 is 19.7. The van der Waals surface area contributed by atoms with Crippen LogP contribution in [0.2, 0.25) is 0 Å². The molecule has 0 aromatic rings. The van der Waals surface area contributed by atoms with Crippen molar-refractivity contribution in [3.05, 3.63) is 0 Å². The van der Waals surface area contributed by atoms with Gasteiger partial charge in [0.15, 0.2) is 0 Å². The van der Waals surface area contributed by atoms with Crippen LogP contribution in [0, 0.1) is 0 Å². The number of alkyl halides is 3. The molecular weight excluding hydrogens is 317 g/mol. The summed E-state index contributed by atoms with van der Waals surface area (Å²) in [6, 6.07) is 0. The lowest BCUT2D eigenvalue weighted by molar-refractivity contribution is 0.229. The van der Waals surface area contributed by atoms with Gasteiger partial charge in [-0.2, -0.15) is 0 Å². The van der Waals surface area contributed by atoms with Gasteiger partial charge in [-0.3, -0.25) is 4.57 Å². The van der Waals surface area contributed by atoms with Gasteiger partial charge in [0.05, 0.1) is 6.61 Å². The molecule has 4 nitrogen and oxygen atoms in total. The van der Waals surface area contributed by atoms with E-state index < -0.39 is 7.67 Å². The van der Waals surface area contributed by atoms with E-state index in [1.165, 1.54) is 0 Å². The molecule has 1 saturated heterocycles. The zero-order valence-corrected chi connectivity index (χ0v) is 13.4. The van der Waals surface area contributed by atoms with Gasteiger partial charge in [0.25, 0.3) is 0 Å². The summed E-state index contributed by atoms with van der Waals surface area (Å²) in [5.74, 6) is 0.985. The summed E-state index contributed by atoms with van der Waals surface area (Å²) in [4.78, 5) is 0. The molecule has 8 heteroatoms. The Hall–Kier alpha value is 0.980. The molecule has 18 heavy (non-hydrogen) atoms. The van der Waals surface area contributed by atoms with Crippen LogP contribution in [-0.2, 0) is 9.09 Å². The third kappa shape index (κ3) is 5.54. The first-order valence-electron chi connectivity index (χ1n) is 6.13. The van der Waals surface area contributed by atoms with Crippen molar-refractivity contribution in [2.75, 3.05) is 38.0 Å². The molecule has 0 amide bonds. The summed E-state index contributed by atoms with van der Waals surface area (Å²) in [6.07, 6.45) is 2.52. The number of nitrogens with zero attached hydrogens (tertiary/aromatic N) is 1. The predicted molar refractivity (Wildman–Crippen MR) is 78.1 cm³/mol. The lowest BCUT2D eigenvalue weighted by Gasteiger charge is -2.34. The second-order valence-electron chi connectivity index (χ2n) is 4.15. The monoisotopic (exact) mass is 336 g/mol. The quantitative estimate of drug-likeness (QED) is 0.545. The molecule has 2 atom stereocenters. The molecule has 1 aliphatic rings. The van der Waals surface area contributed by atoms with E-state index in [1.807, 2.05) is 0 Å². The molecule has 0 aromatic heterocycles. The van der Waals surface area contributed by atoms with Crippen LogP contribution in [0.1, 0.15) is 19.3 Å². The van der Waals surface area contributed by atoms with E-state index in [0.717, 1.165) is 19.3 Å². The van der Waals surface area contributed by atoms with Crippen molar-refractivity contribution in [1.29, 1.82) is 0 Å². The Morgan fingerprint density at radius 1 is 1.39 bits per heavy atom. The molecule has 0 unspecified atom stereocenters. The predicted octanol–water partition coefficient (Wildman–Crippen LogP) is 3.27. The average Bonchev–Trinajstić information content (AvgIpc) is 2.37. The van der Waals surface area contributed by atoms with E-state index in [9.17, 15) is 4.57 Å². The van der Waals surface area contributed by atoms with E-state index >= 15 is 0 Å². The molecule has 1 N–H and O–H groups in total. The Bertz CT molecular complexity index is 274. The first-order valence-corrected chi connectivity index (χ1v) is 9.22. The molecule has 1 heterocycles. The smallest absolute Gasteiger partial charge is 0.306 e. The van der Waals surface area contributed by atoms with Crippen LogP contribution in [0.4, 0.5) is 0 Å². The van der Waals surface area contributed by atoms with Crippen LogP contribution in [0.3, 0.4) is 0 Å². The largest absolute Gasteiger partial charge is 0.343 e. The summed E-state index contributed by atoms with van der Waals surface area (Å²) in [5.41, 5.74) is 0. The van der Waals surface area contributed by atoms with Crippen molar-refractivity contribution in [3.63, 3.8) is 0 Å². The zero-order chi connectivity index (χ0) is 13.4. The molecule has 108 valence electrons. The van der Waals surface area contributed by atoms with Crippen LogP contribution in [0.15, 0.2) is 0 Å². The van der Waals surface area contributed by atoms with Crippen LogP contribution in [0.5, 0.6) is 0 Å². The van der Waals surface area contributed by atoms with Gasteiger partial charge in [-0.25, -0.2) is 9.76 Å². The van der Waals surface area contributed by atoms with Crippen LogP contribution < -0.4 is 5.09 Å². The molecule has 0 aliphatic carbocycles. The Labute approximate surface area is 124 Å².